The largest absolute Gasteiger partial charge is 0.356 e. The number of nitrogens with one attached hydrogen (secondary N) is 1. The Morgan fingerprint density at radius 1 is 1.50 bits per heavy atom. The van der Waals surface area contributed by atoms with Crippen LogP contribution in [0.25, 0.3) is 0 Å². The van der Waals surface area contributed by atoms with Crippen LogP contribution in [0.4, 0.5) is 0 Å². The number of rotatable bonds is 1. The Balaban J connectivity index is 2.09. The van der Waals surface area contributed by atoms with Crippen molar-refractivity contribution >= 4 is 27.7 Å². The fourth-order valence-electron chi connectivity index (χ4n) is 1.59. The van der Waals surface area contributed by atoms with E-state index in [0.29, 0.717) is 18.8 Å². The monoisotopic (exact) mass is 285 g/mol. The minimum absolute atomic E-state index is 0.0229. The van der Waals surface area contributed by atoms with Gasteiger partial charge in [-0.15, -0.1) is 0 Å². The van der Waals surface area contributed by atoms with Crippen LogP contribution >= 0.6 is 15.9 Å². The normalized spacial score (nSPS) is 16.8. The quantitative estimate of drug-likeness (QED) is 0.826. The van der Waals surface area contributed by atoms with Crippen LogP contribution in [0.15, 0.2) is 16.7 Å². The number of carbonyl (C=O) groups is 2. The standard InChI is InChI=1S/C10H12BrN3O2/c1-13-2-3-14(6-9(13)15)10(16)8-4-7(11)5-12-8/h4-5,12H,2-3,6H2,1H3. The van der Waals surface area contributed by atoms with E-state index in [0.717, 1.165) is 4.47 Å². The maximum Gasteiger partial charge on any atom is 0.270 e. The molecule has 1 aliphatic rings. The molecule has 1 aromatic heterocycles. The van der Waals surface area contributed by atoms with Gasteiger partial charge in [-0.2, -0.15) is 0 Å². The van der Waals surface area contributed by atoms with Gasteiger partial charge in [-0.3, -0.25) is 9.59 Å². The molecule has 0 spiro atoms. The van der Waals surface area contributed by atoms with Gasteiger partial charge in [0.25, 0.3) is 5.91 Å². The van der Waals surface area contributed by atoms with E-state index in [9.17, 15) is 9.59 Å². The molecule has 2 amide bonds. The van der Waals surface area contributed by atoms with Gasteiger partial charge in [-0.05, 0) is 22.0 Å². The summed E-state index contributed by atoms with van der Waals surface area (Å²) < 4.78 is 0.830. The van der Waals surface area contributed by atoms with E-state index >= 15 is 0 Å². The molecule has 1 aliphatic heterocycles. The van der Waals surface area contributed by atoms with Crippen molar-refractivity contribution in [2.45, 2.75) is 0 Å². The summed E-state index contributed by atoms with van der Waals surface area (Å²) >= 11 is 3.27. The van der Waals surface area contributed by atoms with Crippen LogP contribution in [-0.2, 0) is 4.79 Å². The third-order valence-electron chi connectivity index (χ3n) is 2.62. The number of aromatic amines is 1. The number of amides is 2. The second kappa shape index (κ2) is 4.29. The van der Waals surface area contributed by atoms with Gasteiger partial charge in [-0.25, -0.2) is 0 Å². The van der Waals surface area contributed by atoms with Gasteiger partial charge < -0.3 is 14.8 Å². The Hall–Kier alpha value is -1.30. The molecule has 0 aliphatic carbocycles. The number of H-pyrrole nitrogens is 1. The van der Waals surface area contributed by atoms with E-state index in [1.54, 1.807) is 29.1 Å². The molecule has 86 valence electrons. The maximum atomic E-state index is 12.0. The molecular weight excluding hydrogens is 274 g/mol. The summed E-state index contributed by atoms with van der Waals surface area (Å²) in [5.41, 5.74) is 0.504. The molecule has 6 heteroatoms. The third-order valence-corrected chi connectivity index (χ3v) is 3.08. The van der Waals surface area contributed by atoms with Crippen molar-refractivity contribution in [3.63, 3.8) is 0 Å². The average Bonchev–Trinajstić information content (AvgIpc) is 2.68. The molecule has 0 saturated carbocycles. The molecule has 0 atom stereocenters. The van der Waals surface area contributed by atoms with E-state index in [4.69, 9.17) is 0 Å². The molecule has 1 fully saturated rings. The molecule has 1 N–H and O–H groups in total. The summed E-state index contributed by atoms with van der Waals surface area (Å²) in [5.74, 6) is -0.155. The smallest absolute Gasteiger partial charge is 0.270 e. The highest BCUT2D eigenvalue weighted by Crippen LogP contribution is 2.13. The first-order chi connectivity index (χ1) is 7.58. The first-order valence-electron chi connectivity index (χ1n) is 4.95. The Morgan fingerprint density at radius 2 is 2.25 bits per heavy atom. The fraction of sp³-hybridized carbons (Fsp3) is 0.400. The topological polar surface area (TPSA) is 56.4 Å². The van der Waals surface area contributed by atoms with Crippen molar-refractivity contribution in [1.29, 1.82) is 0 Å². The second-order valence-electron chi connectivity index (χ2n) is 3.77. The van der Waals surface area contributed by atoms with Gasteiger partial charge in [0.05, 0.1) is 0 Å². The van der Waals surface area contributed by atoms with Crippen LogP contribution in [0.1, 0.15) is 10.5 Å². The average molecular weight is 286 g/mol. The molecule has 2 heterocycles. The van der Waals surface area contributed by atoms with Crippen molar-refractivity contribution < 1.29 is 9.59 Å². The summed E-state index contributed by atoms with van der Waals surface area (Å²) in [6.45, 7) is 1.33. The summed E-state index contributed by atoms with van der Waals surface area (Å²) in [6.07, 6.45) is 1.70. The van der Waals surface area contributed by atoms with E-state index in [2.05, 4.69) is 20.9 Å². The van der Waals surface area contributed by atoms with Crippen molar-refractivity contribution in [2.24, 2.45) is 0 Å². The second-order valence-corrected chi connectivity index (χ2v) is 4.69. The van der Waals surface area contributed by atoms with E-state index in [1.807, 2.05) is 0 Å². The van der Waals surface area contributed by atoms with E-state index in [1.165, 1.54) is 0 Å². The minimum atomic E-state index is -0.132. The number of piperazine rings is 1. The first kappa shape index (κ1) is 11.2. The molecular formula is C10H12BrN3O2. The number of hydrogen-bond acceptors (Lipinski definition) is 2. The van der Waals surface area contributed by atoms with E-state index in [-0.39, 0.29) is 18.4 Å². The molecule has 16 heavy (non-hydrogen) atoms. The molecule has 0 bridgehead atoms. The molecule has 1 aromatic rings. The van der Waals surface area contributed by atoms with Crippen LogP contribution in [0.2, 0.25) is 0 Å². The van der Waals surface area contributed by atoms with Gasteiger partial charge in [0, 0.05) is 30.8 Å². The van der Waals surface area contributed by atoms with Gasteiger partial charge in [0.1, 0.15) is 12.2 Å². The van der Waals surface area contributed by atoms with Crippen molar-refractivity contribution in [3.8, 4) is 0 Å². The van der Waals surface area contributed by atoms with Crippen molar-refractivity contribution in [3.05, 3.63) is 22.4 Å². The summed E-state index contributed by atoms with van der Waals surface area (Å²) in [7, 11) is 1.75. The Labute approximate surface area is 102 Å². The lowest BCUT2D eigenvalue weighted by atomic mass is 10.3. The van der Waals surface area contributed by atoms with Gasteiger partial charge in [0.15, 0.2) is 0 Å². The molecule has 5 nitrogen and oxygen atoms in total. The number of nitrogens with zero attached hydrogens (tertiary/aromatic N) is 2. The predicted molar refractivity (Wildman–Crippen MR) is 62.0 cm³/mol. The lowest BCUT2D eigenvalue weighted by molar-refractivity contribution is -0.133. The van der Waals surface area contributed by atoms with Crippen LogP contribution in [0.5, 0.6) is 0 Å². The lowest BCUT2D eigenvalue weighted by Gasteiger charge is -2.31. The predicted octanol–water partition coefficient (Wildman–Crippen LogP) is 0.691. The summed E-state index contributed by atoms with van der Waals surface area (Å²) in [4.78, 5) is 29.5. The van der Waals surface area contributed by atoms with Crippen LogP contribution < -0.4 is 0 Å². The maximum absolute atomic E-state index is 12.0. The van der Waals surface area contributed by atoms with Crippen LogP contribution in [0, 0.1) is 0 Å². The van der Waals surface area contributed by atoms with Crippen molar-refractivity contribution in [1.82, 2.24) is 14.8 Å². The first-order valence-corrected chi connectivity index (χ1v) is 5.74. The highest BCUT2D eigenvalue weighted by Gasteiger charge is 2.26. The SMILES string of the molecule is CN1CCN(C(=O)c2cc(Br)c[nH]2)CC1=O. The Kier molecular flexibility index (Phi) is 3.00. The van der Waals surface area contributed by atoms with Gasteiger partial charge >= 0.3 is 0 Å². The van der Waals surface area contributed by atoms with Gasteiger partial charge in [0.2, 0.25) is 5.91 Å². The molecule has 0 aromatic carbocycles. The number of carbonyl (C=O) groups excluding carboxylic acids is 2. The molecule has 2 rings (SSSR count). The highest BCUT2D eigenvalue weighted by molar-refractivity contribution is 9.10. The fourth-order valence-corrected chi connectivity index (χ4v) is 1.94. The number of halogens is 1. The zero-order valence-corrected chi connectivity index (χ0v) is 10.5. The van der Waals surface area contributed by atoms with Crippen LogP contribution in [0.3, 0.4) is 0 Å². The Bertz CT molecular complexity index is 429. The van der Waals surface area contributed by atoms with Crippen LogP contribution in [-0.4, -0.2) is 53.3 Å². The minimum Gasteiger partial charge on any atom is -0.356 e. The van der Waals surface area contributed by atoms with Gasteiger partial charge in [-0.1, -0.05) is 0 Å². The number of hydrogen-bond donors (Lipinski definition) is 1. The summed E-state index contributed by atoms with van der Waals surface area (Å²) in [5, 5.41) is 0. The third kappa shape index (κ3) is 2.11. The lowest BCUT2D eigenvalue weighted by Crippen LogP contribution is -2.50. The molecule has 1 saturated heterocycles. The zero-order valence-electron chi connectivity index (χ0n) is 8.86. The molecule has 0 radical (unpaired) electrons. The Morgan fingerprint density at radius 3 is 2.81 bits per heavy atom. The van der Waals surface area contributed by atoms with E-state index < -0.39 is 0 Å². The number of likely N-dealkylation sites (N-methyl/N-ethyl adjacent to an activating group) is 1. The number of aromatic nitrogens is 1. The van der Waals surface area contributed by atoms with Crippen molar-refractivity contribution in [2.75, 3.05) is 26.7 Å². The highest BCUT2D eigenvalue weighted by atomic mass is 79.9. The zero-order chi connectivity index (χ0) is 11.7. The molecule has 0 unspecified atom stereocenters. The summed E-state index contributed by atoms with van der Waals surface area (Å²) in [6, 6.07) is 1.71.